The van der Waals surface area contributed by atoms with Gasteiger partial charge in [0, 0.05) is 35.9 Å². The Morgan fingerprint density at radius 1 is 1.00 bits per heavy atom. The van der Waals surface area contributed by atoms with Gasteiger partial charge in [0.2, 0.25) is 10.0 Å². The predicted octanol–water partition coefficient (Wildman–Crippen LogP) is 5.58. The van der Waals surface area contributed by atoms with Gasteiger partial charge in [0.25, 0.3) is 0 Å². The normalized spacial score (nSPS) is 14.0. The van der Waals surface area contributed by atoms with Crippen molar-refractivity contribution in [2.75, 3.05) is 28.2 Å². The summed E-state index contributed by atoms with van der Waals surface area (Å²) in [5.74, 6) is -0.275. The second-order valence-electron chi connectivity index (χ2n) is 8.82. The Hall–Kier alpha value is -3.42. The second-order valence-corrected chi connectivity index (χ2v) is 11.7. The fourth-order valence-corrected chi connectivity index (χ4v) is 5.17. The molecular formula is C25H25F3N4O4S2. The molecule has 4 rings (SSSR count). The molecule has 1 aliphatic rings. The molecule has 0 fully saturated rings. The minimum absolute atomic E-state index is 0.0558. The maximum absolute atomic E-state index is 12.5. The molecule has 0 aliphatic carbocycles. The highest BCUT2D eigenvalue weighted by atomic mass is 32.2. The third-order valence-corrected chi connectivity index (χ3v) is 7.00. The number of halogens is 3. The van der Waals surface area contributed by atoms with Crippen LogP contribution < -0.4 is 15.4 Å². The summed E-state index contributed by atoms with van der Waals surface area (Å²) in [7, 11) is -3.61. The van der Waals surface area contributed by atoms with E-state index < -0.39 is 21.6 Å². The predicted molar refractivity (Wildman–Crippen MR) is 142 cm³/mol. The summed E-state index contributed by atoms with van der Waals surface area (Å²) in [6.45, 7) is 2.04. The van der Waals surface area contributed by atoms with Crippen molar-refractivity contribution in [2.45, 2.75) is 29.9 Å². The van der Waals surface area contributed by atoms with Crippen molar-refractivity contribution in [3.05, 3.63) is 77.4 Å². The van der Waals surface area contributed by atoms with E-state index in [1.807, 2.05) is 12.1 Å². The monoisotopic (exact) mass is 566 g/mol. The zero-order valence-electron chi connectivity index (χ0n) is 20.2. The van der Waals surface area contributed by atoms with Gasteiger partial charge in [0.1, 0.15) is 5.75 Å². The van der Waals surface area contributed by atoms with Crippen LogP contribution >= 0.6 is 11.8 Å². The van der Waals surface area contributed by atoms with Crippen molar-refractivity contribution < 1.29 is 31.5 Å². The van der Waals surface area contributed by atoms with E-state index in [0.717, 1.165) is 35.9 Å². The summed E-state index contributed by atoms with van der Waals surface area (Å²) >= 11 is -0.128. The quantitative estimate of drug-likeness (QED) is 0.169. The molecule has 202 valence electrons. The molecule has 38 heavy (non-hydrogen) atoms. The highest BCUT2D eigenvalue weighted by Gasteiger charge is 2.29. The highest BCUT2D eigenvalue weighted by molar-refractivity contribution is 8.00. The Kier molecular flexibility index (Phi) is 8.09. The molecule has 1 heterocycles. The van der Waals surface area contributed by atoms with Crippen molar-refractivity contribution in [2.24, 2.45) is 0 Å². The summed E-state index contributed by atoms with van der Waals surface area (Å²) in [6, 6.07) is 15.5. The lowest BCUT2D eigenvalue weighted by molar-refractivity contribution is -0.0328. The third-order valence-electron chi connectivity index (χ3n) is 5.67. The average molecular weight is 567 g/mol. The number of carbonyl (C=O) groups is 1. The molecule has 0 spiro atoms. The van der Waals surface area contributed by atoms with Crippen molar-refractivity contribution in [1.82, 2.24) is 4.90 Å². The van der Waals surface area contributed by atoms with Crippen LogP contribution in [0.15, 0.2) is 65.6 Å². The molecule has 3 aromatic carbocycles. The van der Waals surface area contributed by atoms with E-state index in [1.165, 1.54) is 30.3 Å². The van der Waals surface area contributed by atoms with E-state index >= 15 is 0 Å². The molecule has 4 N–H and O–H groups in total. The lowest BCUT2D eigenvalue weighted by Crippen LogP contribution is -2.30. The van der Waals surface area contributed by atoms with Crippen LogP contribution in [0.3, 0.4) is 0 Å². The van der Waals surface area contributed by atoms with Crippen LogP contribution in [-0.4, -0.2) is 42.8 Å². The number of thioether (sulfide) groups is 1. The number of alkyl halides is 3. The molecule has 0 saturated carbocycles. The van der Waals surface area contributed by atoms with E-state index in [4.69, 9.17) is 0 Å². The van der Waals surface area contributed by atoms with E-state index in [2.05, 4.69) is 20.3 Å². The zero-order chi connectivity index (χ0) is 27.5. The zero-order valence-corrected chi connectivity index (χ0v) is 21.8. The van der Waals surface area contributed by atoms with E-state index in [1.54, 1.807) is 18.2 Å². The molecule has 0 bridgehead atoms. The Labute approximate surface area is 222 Å². The SMILES string of the molecule is CS(=O)(=O)Nc1cc(NC(=O)Nc2ccc3c(c2)CCN(Cc2ccc(SC(F)(F)F)cc2)C3)ccc1O. The molecule has 0 unspecified atom stereocenters. The van der Waals surface area contributed by atoms with Gasteiger partial charge in [-0.2, -0.15) is 13.2 Å². The number of anilines is 3. The number of amides is 2. The molecule has 0 atom stereocenters. The molecule has 0 aromatic heterocycles. The molecule has 3 aromatic rings. The Bertz CT molecular complexity index is 1430. The lowest BCUT2D eigenvalue weighted by atomic mass is 9.98. The van der Waals surface area contributed by atoms with Crippen LogP contribution in [0.1, 0.15) is 16.7 Å². The third kappa shape index (κ3) is 8.04. The van der Waals surface area contributed by atoms with Crippen LogP contribution in [0, 0.1) is 0 Å². The fraction of sp³-hybridized carbons (Fsp3) is 0.240. The maximum Gasteiger partial charge on any atom is 0.446 e. The lowest BCUT2D eigenvalue weighted by Gasteiger charge is -2.29. The number of phenolic OH excluding ortho intramolecular Hbond substituents is 1. The number of nitrogens with zero attached hydrogens (tertiary/aromatic N) is 1. The summed E-state index contributed by atoms with van der Waals surface area (Å²) in [5, 5.41) is 15.2. The van der Waals surface area contributed by atoms with E-state index in [0.29, 0.717) is 18.8 Å². The molecule has 0 saturated heterocycles. The van der Waals surface area contributed by atoms with E-state index in [-0.39, 0.29) is 33.8 Å². The summed E-state index contributed by atoms with van der Waals surface area (Å²) in [6.07, 6.45) is 1.69. The van der Waals surface area contributed by atoms with Crippen molar-refractivity contribution >= 4 is 44.9 Å². The number of rotatable bonds is 7. The minimum Gasteiger partial charge on any atom is -0.506 e. The van der Waals surface area contributed by atoms with Crippen LogP contribution in [0.4, 0.5) is 35.0 Å². The molecular weight excluding hydrogens is 541 g/mol. The molecule has 2 amide bonds. The van der Waals surface area contributed by atoms with Gasteiger partial charge in [0.05, 0.1) is 11.9 Å². The van der Waals surface area contributed by atoms with Crippen LogP contribution in [0.5, 0.6) is 5.75 Å². The van der Waals surface area contributed by atoms with Crippen molar-refractivity contribution in [3.8, 4) is 5.75 Å². The Morgan fingerprint density at radius 3 is 2.32 bits per heavy atom. The number of benzene rings is 3. The molecule has 8 nitrogen and oxygen atoms in total. The average Bonchev–Trinajstić information content (AvgIpc) is 2.81. The van der Waals surface area contributed by atoms with Gasteiger partial charge in [-0.3, -0.25) is 9.62 Å². The number of nitrogens with one attached hydrogen (secondary N) is 3. The summed E-state index contributed by atoms with van der Waals surface area (Å²) in [4.78, 5) is 14.9. The maximum atomic E-state index is 12.5. The van der Waals surface area contributed by atoms with Gasteiger partial charge in [0.15, 0.2) is 0 Å². The largest absolute Gasteiger partial charge is 0.506 e. The second kappa shape index (κ2) is 11.1. The number of aromatic hydroxyl groups is 1. The van der Waals surface area contributed by atoms with Crippen LogP contribution in [0.2, 0.25) is 0 Å². The standard InChI is InChI=1S/C25H25F3N4O4S2/c1-38(35,36)31-22-13-20(6-9-23(22)33)30-24(34)29-19-5-4-18-15-32(11-10-17(18)12-19)14-16-2-7-21(8-3-16)37-25(26,27)28/h2-9,12-13,31,33H,10-11,14-15H2,1H3,(H2,29,30,34). The first-order chi connectivity index (χ1) is 17.8. The Morgan fingerprint density at radius 2 is 1.66 bits per heavy atom. The van der Waals surface area contributed by atoms with Gasteiger partial charge in [-0.25, -0.2) is 13.2 Å². The Balaban J connectivity index is 1.33. The van der Waals surface area contributed by atoms with Gasteiger partial charge >= 0.3 is 11.5 Å². The smallest absolute Gasteiger partial charge is 0.446 e. The molecule has 1 aliphatic heterocycles. The van der Waals surface area contributed by atoms with Crippen LogP contribution in [-0.2, 0) is 29.5 Å². The first-order valence-corrected chi connectivity index (χ1v) is 14.1. The number of hydrogen-bond donors (Lipinski definition) is 4. The summed E-state index contributed by atoms with van der Waals surface area (Å²) < 4.78 is 62.7. The number of urea groups is 1. The fourth-order valence-electron chi connectivity index (χ4n) is 4.07. The molecule has 13 heteroatoms. The minimum atomic E-state index is -4.31. The van der Waals surface area contributed by atoms with Gasteiger partial charge in [-0.1, -0.05) is 18.2 Å². The number of phenols is 1. The van der Waals surface area contributed by atoms with Gasteiger partial charge in [-0.05, 0) is 77.3 Å². The van der Waals surface area contributed by atoms with Crippen LogP contribution in [0.25, 0.3) is 0 Å². The number of carbonyl (C=O) groups excluding carboxylic acids is 1. The van der Waals surface area contributed by atoms with Crippen molar-refractivity contribution in [3.63, 3.8) is 0 Å². The number of sulfonamides is 1. The van der Waals surface area contributed by atoms with Gasteiger partial charge < -0.3 is 15.7 Å². The first kappa shape index (κ1) is 27.6. The first-order valence-electron chi connectivity index (χ1n) is 11.4. The molecule has 0 radical (unpaired) electrons. The van der Waals surface area contributed by atoms with Crippen molar-refractivity contribution in [1.29, 1.82) is 0 Å². The summed E-state index contributed by atoms with van der Waals surface area (Å²) in [5.41, 5.74) is -0.384. The van der Waals surface area contributed by atoms with E-state index in [9.17, 15) is 31.5 Å². The number of hydrogen-bond acceptors (Lipinski definition) is 6. The number of fused-ring (bicyclic) bond motifs is 1. The van der Waals surface area contributed by atoms with Gasteiger partial charge in [-0.15, -0.1) is 0 Å². The topological polar surface area (TPSA) is 111 Å². The highest BCUT2D eigenvalue weighted by Crippen LogP contribution is 2.37.